The molecule has 7 nitrogen and oxygen atoms in total. The first-order chi connectivity index (χ1) is 17.8. The normalized spacial score (nSPS) is 17.0. The van der Waals surface area contributed by atoms with Crippen LogP contribution in [0.3, 0.4) is 0 Å². The Morgan fingerprint density at radius 2 is 1.76 bits per heavy atom. The van der Waals surface area contributed by atoms with E-state index in [0.29, 0.717) is 44.9 Å². The second kappa shape index (κ2) is 10.0. The number of carbonyl (C=O) groups excluding carboxylic acids is 2. The van der Waals surface area contributed by atoms with E-state index in [1.54, 1.807) is 67.8 Å². The second-order valence-electron chi connectivity index (χ2n) is 8.13. The molecule has 1 atom stereocenters. The van der Waals surface area contributed by atoms with E-state index in [1.165, 1.54) is 16.2 Å². The number of ketones is 1. The monoisotopic (exact) mass is 554 g/mol. The summed E-state index contributed by atoms with van der Waals surface area (Å²) in [6, 6.07) is 15.8. The van der Waals surface area contributed by atoms with Crippen LogP contribution >= 0.6 is 34.5 Å². The number of ether oxygens (including phenoxy) is 2. The highest BCUT2D eigenvalue weighted by atomic mass is 35.5. The van der Waals surface area contributed by atoms with Crippen molar-refractivity contribution in [2.75, 3.05) is 18.6 Å². The molecule has 5 rings (SSSR count). The molecule has 1 saturated heterocycles. The third kappa shape index (κ3) is 4.52. The molecular formula is C27H20Cl2N2O5S. The fourth-order valence-electron chi connectivity index (χ4n) is 4.18. The van der Waals surface area contributed by atoms with Crippen LogP contribution in [0.5, 0.6) is 11.5 Å². The van der Waals surface area contributed by atoms with Gasteiger partial charge in [-0.15, -0.1) is 0 Å². The summed E-state index contributed by atoms with van der Waals surface area (Å²) in [6.07, 6.45) is 0. The number of amides is 1. The Morgan fingerprint density at radius 3 is 2.43 bits per heavy atom. The number of hydrogen-bond acceptors (Lipinski definition) is 7. The lowest BCUT2D eigenvalue weighted by Gasteiger charge is -2.23. The minimum absolute atomic E-state index is 0.0793. The number of thiazole rings is 1. The molecule has 0 aliphatic carbocycles. The molecule has 0 bridgehead atoms. The molecule has 0 spiro atoms. The van der Waals surface area contributed by atoms with Gasteiger partial charge >= 0.3 is 5.91 Å². The number of aliphatic hydroxyl groups excluding tert-OH is 1. The lowest BCUT2D eigenvalue weighted by atomic mass is 9.95. The highest BCUT2D eigenvalue weighted by Crippen LogP contribution is 2.45. The van der Waals surface area contributed by atoms with Gasteiger partial charge in [0.15, 0.2) is 5.13 Å². The molecule has 0 saturated carbocycles. The summed E-state index contributed by atoms with van der Waals surface area (Å²) in [7, 11) is 1.56. The topological polar surface area (TPSA) is 89.0 Å². The van der Waals surface area contributed by atoms with Crippen molar-refractivity contribution in [2.24, 2.45) is 0 Å². The van der Waals surface area contributed by atoms with E-state index < -0.39 is 17.7 Å². The number of aromatic nitrogens is 1. The highest BCUT2D eigenvalue weighted by Gasteiger charge is 2.48. The largest absolute Gasteiger partial charge is 0.507 e. The molecule has 4 aromatic rings. The number of fused-ring (bicyclic) bond motifs is 1. The number of Topliss-reactive ketones (excluding diaryl/α,β-unsaturated/α-hetero) is 1. The van der Waals surface area contributed by atoms with E-state index in [9.17, 15) is 14.7 Å². The Hall–Kier alpha value is -3.59. The Labute approximate surface area is 226 Å². The molecule has 1 N–H and O–H groups in total. The minimum Gasteiger partial charge on any atom is -0.507 e. The molecule has 1 amide bonds. The third-order valence-electron chi connectivity index (χ3n) is 5.93. The Bertz CT molecular complexity index is 1570. The van der Waals surface area contributed by atoms with E-state index in [-0.39, 0.29) is 16.4 Å². The van der Waals surface area contributed by atoms with E-state index in [2.05, 4.69) is 4.98 Å². The summed E-state index contributed by atoms with van der Waals surface area (Å²) in [6.45, 7) is 2.35. The van der Waals surface area contributed by atoms with E-state index in [4.69, 9.17) is 32.7 Å². The van der Waals surface area contributed by atoms with Gasteiger partial charge in [-0.05, 0) is 67.1 Å². The van der Waals surface area contributed by atoms with E-state index >= 15 is 0 Å². The van der Waals surface area contributed by atoms with Crippen molar-refractivity contribution in [3.05, 3.63) is 87.4 Å². The fraction of sp³-hybridized carbons (Fsp3) is 0.148. The van der Waals surface area contributed by atoms with Gasteiger partial charge in [-0.2, -0.15) is 0 Å². The summed E-state index contributed by atoms with van der Waals surface area (Å²) in [5, 5.41) is 12.2. The number of halogens is 2. The molecule has 1 fully saturated rings. The quantitative estimate of drug-likeness (QED) is 0.163. The number of anilines is 1. The highest BCUT2D eigenvalue weighted by molar-refractivity contribution is 7.22. The van der Waals surface area contributed by atoms with Gasteiger partial charge in [0.1, 0.15) is 17.3 Å². The third-order valence-corrected chi connectivity index (χ3v) is 7.69. The molecule has 1 unspecified atom stereocenters. The van der Waals surface area contributed by atoms with Crippen molar-refractivity contribution in [3.8, 4) is 11.5 Å². The number of carbonyl (C=O) groups is 2. The first kappa shape index (κ1) is 25.1. The lowest BCUT2D eigenvalue weighted by Crippen LogP contribution is -2.29. The van der Waals surface area contributed by atoms with Gasteiger partial charge in [0, 0.05) is 5.56 Å². The van der Waals surface area contributed by atoms with Gasteiger partial charge in [-0.1, -0.05) is 40.6 Å². The van der Waals surface area contributed by atoms with E-state index in [1.807, 2.05) is 6.92 Å². The molecular weight excluding hydrogens is 535 g/mol. The Balaban J connectivity index is 1.69. The summed E-state index contributed by atoms with van der Waals surface area (Å²) in [5.41, 5.74) is 1.42. The molecule has 10 heteroatoms. The minimum atomic E-state index is -0.983. The zero-order valence-electron chi connectivity index (χ0n) is 19.7. The van der Waals surface area contributed by atoms with Crippen molar-refractivity contribution in [1.82, 2.24) is 4.98 Å². The summed E-state index contributed by atoms with van der Waals surface area (Å²) >= 11 is 13.7. The van der Waals surface area contributed by atoms with Gasteiger partial charge in [-0.3, -0.25) is 14.5 Å². The predicted molar refractivity (Wildman–Crippen MR) is 145 cm³/mol. The molecule has 1 aliphatic rings. The summed E-state index contributed by atoms with van der Waals surface area (Å²) in [4.78, 5) is 32.7. The number of nitrogens with zero attached hydrogens (tertiary/aromatic N) is 2. The Kier molecular flexibility index (Phi) is 6.81. The van der Waals surface area contributed by atoms with Gasteiger partial charge in [-0.25, -0.2) is 4.98 Å². The first-order valence-electron chi connectivity index (χ1n) is 11.3. The van der Waals surface area contributed by atoms with Gasteiger partial charge in [0.05, 0.1) is 45.6 Å². The van der Waals surface area contributed by atoms with Crippen molar-refractivity contribution >= 4 is 67.3 Å². The molecule has 1 aliphatic heterocycles. The maximum Gasteiger partial charge on any atom is 0.301 e. The van der Waals surface area contributed by atoms with Crippen LogP contribution in [0.25, 0.3) is 16.0 Å². The summed E-state index contributed by atoms with van der Waals surface area (Å²) < 4.78 is 11.5. The van der Waals surface area contributed by atoms with Crippen LogP contribution in [0.1, 0.15) is 24.1 Å². The van der Waals surface area contributed by atoms with Crippen LogP contribution in [0.4, 0.5) is 5.13 Å². The van der Waals surface area contributed by atoms with Crippen LogP contribution in [-0.4, -0.2) is 35.5 Å². The van der Waals surface area contributed by atoms with Crippen molar-refractivity contribution in [2.45, 2.75) is 13.0 Å². The smallest absolute Gasteiger partial charge is 0.301 e. The maximum atomic E-state index is 13.4. The van der Waals surface area contributed by atoms with Gasteiger partial charge in [0.2, 0.25) is 0 Å². The van der Waals surface area contributed by atoms with Crippen LogP contribution < -0.4 is 14.4 Å². The Morgan fingerprint density at radius 1 is 1.03 bits per heavy atom. The predicted octanol–water partition coefficient (Wildman–Crippen LogP) is 6.64. The van der Waals surface area contributed by atoms with Crippen molar-refractivity contribution in [3.63, 3.8) is 0 Å². The summed E-state index contributed by atoms with van der Waals surface area (Å²) in [5.74, 6) is -0.705. The average Bonchev–Trinajstić information content (AvgIpc) is 3.43. The average molecular weight is 555 g/mol. The van der Waals surface area contributed by atoms with Crippen LogP contribution in [0, 0.1) is 0 Å². The van der Waals surface area contributed by atoms with Crippen LogP contribution in [0.2, 0.25) is 10.0 Å². The molecule has 1 aromatic heterocycles. The zero-order valence-corrected chi connectivity index (χ0v) is 22.0. The number of aliphatic hydroxyl groups is 1. The van der Waals surface area contributed by atoms with Gasteiger partial charge < -0.3 is 14.6 Å². The zero-order chi connectivity index (χ0) is 26.3. The molecule has 188 valence electrons. The standard InChI is InChI=1S/C27H20Cl2N2O5S/c1-3-36-16-7-4-14(5-8-16)24(32)22-23(15-6-10-18(28)19(29)12-15)31(26(34)25(22)33)27-30-20-11-9-17(35-2)13-21(20)37-27/h4-13,23,32H,3H2,1-2H3/b24-22+. The van der Waals surface area contributed by atoms with Crippen LogP contribution in [-0.2, 0) is 9.59 Å². The fourth-order valence-corrected chi connectivity index (χ4v) is 5.51. The number of rotatable bonds is 6. The number of benzene rings is 3. The molecule has 37 heavy (non-hydrogen) atoms. The SMILES string of the molecule is CCOc1ccc(/C(O)=C2\C(=O)C(=O)N(c3nc4ccc(OC)cc4s3)C2c2ccc(Cl)c(Cl)c2)cc1. The van der Waals surface area contributed by atoms with Crippen LogP contribution in [0.15, 0.2) is 66.2 Å². The number of methoxy groups -OCH3 is 1. The van der Waals surface area contributed by atoms with Crippen molar-refractivity contribution < 1.29 is 24.2 Å². The molecule has 2 heterocycles. The number of hydrogen-bond donors (Lipinski definition) is 1. The first-order valence-corrected chi connectivity index (χ1v) is 12.8. The maximum absolute atomic E-state index is 13.4. The van der Waals surface area contributed by atoms with Gasteiger partial charge in [0.25, 0.3) is 5.78 Å². The molecule has 3 aromatic carbocycles. The lowest BCUT2D eigenvalue weighted by molar-refractivity contribution is -0.132. The van der Waals surface area contributed by atoms with Crippen molar-refractivity contribution in [1.29, 1.82) is 0 Å². The second-order valence-corrected chi connectivity index (χ2v) is 9.95. The molecule has 0 radical (unpaired) electrons. The van der Waals surface area contributed by atoms with E-state index in [0.717, 1.165) is 4.70 Å².